The molecule has 0 heterocycles. The van der Waals surface area contributed by atoms with E-state index in [2.05, 4.69) is 65.3 Å². The Morgan fingerprint density at radius 1 is 1.18 bits per heavy atom. The molecule has 0 atom stereocenters. The van der Waals surface area contributed by atoms with Crippen LogP contribution in [0.25, 0.3) is 0 Å². The molecule has 0 saturated heterocycles. The van der Waals surface area contributed by atoms with Crippen LogP contribution in [0.1, 0.15) is 38.8 Å². The summed E-state index contributed by atoms with van der Waals surface area (Å²) < 4.78 is 6.52. The van der Waals surface area contributed by atoms with Gasteiger partial charge in [-0.05, 0) is 63.8 Å². The highest BCUT2D eigenvalue weighted by Crippen LogP contribution is 2.53. The molecule has 17 heavy (non-hydrogen) atoms. The van der Waals surface area contributed by atoms with Gasteiger partial charge in [-0.1, -0.05) is 29.4 Å². The van der Waals surface area contributed by atoms with Gasteiger partial charge in [-0.25, -0.2) is 0 Å². The van der Waals surface area contributed by atoms with Crippen LogP contribution in [-0.4, -0.2) is 17.3 Å². The van der Waals surface area contributed by atoms with Gasteiger partial charge in [0.15, 0.2) is 0 Å². The first-order valence-corrected chi connectivity index (χ1v) is 8.56. The van der Waals surface area contributed by atoms with E-state index >= 15 is 0 Å². The summed E-state index contributed by atoms with van der Waals surface area (Å²) >= 11 is 0. The Bertz CT molecular complexity index is 388. The molecule has 0 radical (unpaired) electrons. The molecule has 0 bridgehead atoms. The first kappa shape index (κ1) is 14.4. The van der Waals surface area contributed by atoms with Crippen LogP contribution in [0.4, 0.5) is 0 Å². The molecule has 0 saturated carbocycles. The molecule has 1 aromatic rings. The normalized spacial score (nSPS) is 13.6. The van der Waals surface area contributed by atoms with Gasteiger partial charge >= 0.3 is 0 Å². The van der Waals surface area contributed by atoms with E-state index in [1.54, 1.807) is 0 Å². The van der Waals surface area contributed by atoms with Crippen LogP contribution in [0, 0.1) is 6.92 Å². The van der Waals surface area contributed by atoms with Gasteiger partial charge < -0.3 is 4.18 Å². The zero-order valence-electron chi connectivity index (χ0n) is 12.3. The Labute approximate surface area is 108 Å². The summed E-state index contributed by atoms with van der Waals surface area (Å²) in [6.07, 6.45) is 5.54. The molecular formula is C15H26OS. The predicted octanol–water partition coefficient (Wildman–Crippen LogP) is 4.71. The van der Waals surface area contributed by atoms with Crippen LogP contribution in [0.3, 0.4) is 0 Å². The van der Waals surface area contributed by atoms with Crippen molar-refractivity contribution in [2.45, 2.75) is 45.8 Å². The number of benzene rings is 1. The van der Waals surface area contributed by atoms with Crippen molar-refractivity contribution in [1.29, 1.82) is 0 Å². The molecule has 0 aliphatic heterocycles. The fourth-order valence-corrected chi connectivity index (χ4v) is 2.18. The third kappa shape index (κ3) is 3.41. The lowest BCUT2D eigenvalue weighted by molar-refractivity contribution is 0.581. The SMILES string of the molecule is CCc1ccc(C)c(OS(C)(C)C(C)(C)C)c1. The average Bonchev–Trinajstić information content (AvgIpc) is 2.19. The van der Waals surface area contributed by atoms with Gasteiger partial charge in [0.05, 0.1) is 0 Å². The van der Waals surface area contributed by atoms with Gasteiger partial charge in [0.1, 0.15) is 5.75 Å². The summed E-state index contributed by atoms with van der Waals surface area (Å²) in [5, 5.41) is 0. The second kappa shape index (κ2) is 4.93. The third-order valence-electron chi connectivity index (χ3n) is 3.43. The molecular weight excluding hydrogens is 228 g/mol. The number of hydrogen-bond donors (Lipinski definition) is 0. The molecule has 0 aromatic heterocycles. The lowest BCUT2D eigenvalue weighted by Gasteiger charge is -2.44. The van der Waals surface area contributed by atoms with Crippen LogP contribution in [-0.2, 0) is 6.42 Å². The van der Waals surface area contributed by atoms with Gasteiger partial charge in [0, 0.05) is 4.75 Å². The molecule has 1 nitrogen and oxygen atoms in total. The topological polar surface area (TPSA) is 9.23 Å². The minimum Gasteiger partial charge on any atom is -0.449 e. The monoisotopic (exact) mass is 254 g/mol. The Balaban J connectivity index is 3.02. The van der Waals surface area contributed by atoms with E-state index in [1.165, 1.54) is 11.1 Å². The van der Waals surface area contributed by atoms with Crippen LogP contribution < -0.4 is 4.18 Å². The van der Waals surface area contributed by atoms with Crippen molar-refractivity contribution in [3.8, 4) is 5.75 Å². The highest BCUT2D eigenvalue weighted by atomic mass is 32.3. The van der Waals surface area contributed by atoms with Gasteiger partial charge in [0.2, 0.25) is 0 Å². The van der Waals surface area contributed by atoms with Crippen molar-refractivity contribution in [3.05, 3.63) is 29.3 Å². The van der Waals surface area contributed by atoms with Gasteiger partial charge in [-0.2, -0.15) is 0 Å². The van der Waals surface area contributed by atoms with Crippen molar-refractivity contribution >= 4 is 10.3 Å². The third-order valence-corrected chi connectivity index (χ3v) is 6.98. The van der Waals surface area contributed by atoms with E-state index in [1.807, 2.05) is 0 Å². The lowest BCUT2D eigenvalue weighted by Crippen LogP contribution is -2.27. The molecule has 0 spiro atoms. The Hall–Kier alpha value is -0.630. The molecule has 0 N–H and O–H groups in total. The van der Waals surface area contributed by atoms with Crippen molar-refractivity contribution in [2.24, 2.45) is 0 Å². The first-order chi connectivity index (χ1) is 7.67. The minimum absolute atomic E-state index is 0.196. The smallest absolute Gasteiger partial charge is 0.138 e. The van der Waals surface area contributed by atoms with E-state index < -0.39 is 10.3 Å². The average molecular weight is 254 g/mol. The molecule has 98 valence electrons. The highest BCUT2D eigenvalue weighted by Gasteiger charge is 2.30. The molecule has 1 aromatic carbocycles. The Morgan fingerprint density at radius 2 is 1.76 bits per heavy atom. The summed E-state index contributed by atoms with van der Waals surface area (Å²) in [5.74, 6) is 1.05. The van der Waals surface area contributed by atoms with E-state index in [0.717, 1.165) is 12.2 Å². The maximum absolute atomic E-state index is 6.32. The zero-order valence-corrected chi connectivity index (χ0v) is 13.1. The molecule has 0 unspecified atom stereocenters. The largest absolute Gasteiger partial charge is 0.449 e. The number of hydrogen-bond acceptors (Lipinski definition) is 1. The second-order valence-electron chi connectivity index (χ2n) is 5.88. The standard InChI is InChI=1S/C15H26OS/c1-8-13-10-9-12(2)14(11-13)16-17(6,7)15(3,4)5/h9-11H,8H2,1-7H3. The van der Waals surface area contributed by atoms with Crippen LogP contribution >= 0.6 is 10.3 Å². The van der Waals surface area contributed by atoms with Crippen molar-refractivity contribution in [3.63, 3.8) is 0 Å². The fraction of sp³-hybridized carbons (Fsp3) is 0.600. The molecule has 1 rings (SSSR count). The summed E-state index contributed by atoms with van der Waals surface area (Å²) in [5.41, 5.74) is 2.57. The van der Waals surface area contributed by atoms with E-state index in [4.69, 9.17) is 4.18 Å². The molecule has 0 aliphatic rings. The maximum Gasteiger partial charge on any atom is 0.138 e. The van der Waals surface area contributed by atoms with Gasteiger partial charge in [-0.15, -0.1) is 0 Å². The summed E-state index contributed by atoms with van der Waals surface area (Å²) in [7, 11) is -1.10. The van der Waals surface area contributed by atoms with Crippen molar-refractivity contribution < 1.29 is 4.18 Å². The first-order valence-electron chi connectivity index (χ1n) is 6.19. The Morgan fingerprint density at radius 3 is 2.24 bits per heavy atom. The van der Waals surface area contributed by atoms with Crippen molar-refractivity contribution in [2.75, 3.05) is 12.5 Å². The maximum atomic E-state index is 6.32. The van der Waals surface area contributed by atoms with E-state index in [0.29, 0.717) is 0 Å². The molecule has 2 heteroatoms. The predicted molar refractivity (Wildman–Crippen MR) is 80.4 cm³/mol. The van der Waals surface area contributed by atoms with Crippen molar-refractivity contribution in [1.82, 2.24) is 0 Å². The summed E-state index contributed by atoms with van der Waals surface area (Å²) in [6, 6.07) is 6.53. The van der Waals surface area contributed by atoms with Crippen LogP contribution in [0.15, 0.2) is 18.2 Å². The number of rotatable bonds is 3. The lowest BCUT2D eigenvalue weighted by atomic mass is 10.1. The van der Waals surface area contributed by atoms with Gasteiger partial charge in [0.25, 0.3) is 0 Å². The molecule has 0 aliphatic carbocycles. The summed E-state index contributed by atoms with van der Waals surface area (Å²) in [4.78, 5) is 0. The van der Waals surface area contributed by atoms with Gasteiger partial charge in [-0.3, -0.25) is 0 Å². The zero-order chi connectivity index (χ0) is 13.3. The number of aryl methyl sites for hydroxylation is 2. The second-order valence-corrected chi connectivity index (χ2v) is 9.74. The highest BCUT2D eigenvalue weighted by molar-refractivity contribution is 8.30. The molecule has 0 amide bonds. The van der Waals surface area contributed by atoms with Crippen LogP contribution in [0.2, 0.25) is 0 Å². The quantitative estimate of drug-likeness (QED) is 0.759. The fourth-order valence-electron chi connectivity index (χ4n) is 1.30. The van der Waals surface area contributed by atoms with Crippen LogP contribution in [0.5, 0.6) is 5.75 Å². The van der Waals surface area contributed by atoms with E-state index in [9.17, 15) is 0 Å². The Kier molecular flexibility index (Phi) is 4.19. The molecule has 0 fully saturated rings. The minimum atomic E-state index is -1.10. The summed E-state index contributed by atoms with van der Waals surface area (Å²) in [6.45, 7) is 11.0. The van der Waals surface area contributed by atoms with E-state index in [-0.39, 0.29) is 4.75 Å².